The van der Waals surface area contributed by atoms with Gasteiger partial charge in [0.1, 0.15) is 0 Å². The van der Waals surface area contributed by atoms with E-state index in [2.05, 4.69) is 43.5 Å². The Morgan fingerprint density at radius 3 is 2.46 bits per heavy atom. The highest BCUT2D eigenvalue weighted by molar-refractivity contribution is 7.80. The Morgan fingerprint density at radius 1 is 1.21 bits per heavy atom. The van der Waals surface area contributed by atoms with E-state index in [-0.39, 0.29) is 12.1 Å². The zero-order valence-electron chi connectivity index (χ0n) is 14.9. The van der Waals surface area contributed by atoms with Crippen LogP contribution in [0.5, 0.6) is 0 Å². The number of benzene rings is 1. The summed E-state index contributed by atoms with van der Waals surface area (Å²) < 4.78 is 5.04. The molecule has 1 aromatic carbocycles. The van der Waals surface area contributed by atoms with Gasteiger partial charge < -0.3 is 20.3 Å². The first-order chi connectivity index (χ1) is 11.4. The van der Waals surface area contributed by atoms with Gasteiger partial charge in [-0.05, 0) is 75.5 Å². The van der Waals surface area contributed by atoms with Crippen molar-refractivity contribution in [1.82, 2.24) is 10.2 Å². The van der Waals surface area contributed by atoms with Gasteiger partial charge in [0.15, 0.2) is 5.11 Å². The second-order valence-corrected chi connectivity index (χ2v) is 6.72. The first-order valence-corrected chi connectivity index (χ1v) is 8.88. The van der Waals surface area contributed by atoms with Gasteiger partial charge in [-0.3, -0.25) is 0 Å². The van der Waals surface area contributed by atoms with Crippen LogP contribution >= 0.6 is 12.2 Å². The Hall–Kier alpha value is -1.82. The molecule has 0 atom stereocenters. The predicted molar refractivity (Wildman–Crippen MR) is 102 cm³/mol. The van der Waals surface area contributed by atoms with Crippen LogP contribution in [0.4, 0.5) is 10.5 Å². The number of ether oxygens (including phenoxy) is 1. The van der Waals surface area contributed by atoms with Crippen molar-refractivity contribution in [3.05, 3.63) is 28.8 Å². The Bertz CT molecular complexity index is 611. The average Bonchev–Trinajstić information content (AvgIpc) is 2.53. The average molecular weight is 350 g/mol. The number of anilines is 1. The summed E-state index contributed by atoms with van der Waals surface area (Å²) in [5.41, 5.74) is 4.75. The second-order valence-electron chi connectivity index (χ2n) is 6.31. The van der Waals surface area contributed by atoms with Crippen molar-refractivity contribution in [3.8, 4) is 0 Å². The third kappa shape index (κ3) is 4.84. The first kappa shape index (κ1) is 18.5. The van der Waals surface area contributed by atoms with Gasteiger partial charge in [-0.25, -0.2) is 4.79 Å². The highest BCUT2D eigenvalue weighted by Crippen LogP contribution is 2.20. The molecule has 1 heterocycles. The van der Waals surface area contributed by atoms with E-state index in [9.17, 15) is 4.79 Å². The van der Waals surface area contributed by atoms with E-state index in [1.165, 1.54) is 16.7 Å². The highest BCUT2D eigenvalue weighted by Gasteiger charge is 2.23. The molecule has 5 nitrogen and oxygen atoms in total. The molecule has 6 heteroatoms. The molecule has 0 aromatic heterocycles. The fraction of sp³-hybridized carbons (Fsp3) is 0.556. The number of hydrogen-bond acceptors (Lipinski definition) is 3. The van der Waals surface area contributed by atoms with Crippen molar-refractivity contribution < 1.29 is 9.53 Å². The molecule has 1 aliphatic heterocycles. The molecule has 1 aromatic rings. The van der Waals surface area contributed by atoms with E-state index < -0.39 is 0 Å². The molecule has 2 N–H and O–H groups in total. The zero-order valence-corrected chi connectivity index (χ0v) is 15.8. The lowest BCUT2D eigenvalue weighted by molar-refractivity contribution is 0.0964. The minimum Gasteiger partial charge on any atom is -0.450 e. The van der Waals surface area contributed by atoms with Crippen molar-refractivity contribution in [3.63, 3.8) is 0 Å². The molecule has 1 aliphatic rings. The molecule has 1 amide bonds. The SMILES string of the molecule is CCOC(=O)N1CCC(NC(=S)Nc2cc(C)c(C)cc2C)CC1. The van der Waals surface area contributed by atoms with Gasteiger partial charge in [-0.15, -0.1) is 0 Å². The summed E-state index contributed by atoms with van der Waals surface area (Å²) in [6, 6.07) is 4.57. The number of rotatable bonds is 3. The molecule has 0 spiro atoms. The van der Waals surface area contributed by atoms with E-state index in [0.29, 0.717) is 24.8 Å². The lowest BCUT2D eigenvalue weighted by Gasteiger charge is -2.32. The molecule has 0 unspecified atom stereocenters. The Kier molecular flexibility index (Phi) is 6.43. The smallest absolute Gasteiger partial charge is 0.409 e. The summed E-state index contributed by atoms with van der Waals surface area (Å²) in [6.07, 6.45) is 1.52. The summed E-state index contributed by atoms with van der Waals surface area (Å²) in [5, 5.41) is 7.29. The van der Waals surface area contributed by atoms with Crippen LogP contribution in [0.3, 0.4) is 0 Å². The maximum atomic E-state index is 11.7. The molecule has 24 heavy (non-hydrogen) atoms. The van der Waals surface area contributed by atoms with Crippen LogP contribution < -0.4 is 10.6 Å². The number of nitrogens with zero attached hydrogens (tertiary/aromatic N) is 1. The molecule has 0 bridgehead atoms. The van der Waals surface area contributed by atoms with Gasteiger partial charge in [-0.2, -0.15) is 0 Å². The van der Waals surface area contributed by atoms with E-state index in [4.69, 9.17) is 17.0 Å². The summed E-state index contributed by atoms with van der Waals surface area (Å²) in [6.45, 7) is 9.92. The summed E-state index contributed by atoms with van der Waals surface area (Å²) in [4.78, 5) is 13.5. The van der Waals surface area contributed by atoms with Crippen LogP contribution in [0.25, 0.3) is 0 Å². The number of carbonyl (C=O) groups is 1. The summed E-state index contributed by atoms with van der Waals surface area (Å²) in [5.74, 6) is 0. The lowest BCUT2D eigenvalue weighted by atomic mass is 10.0. The largest absolute Gasteiger partial charge is 0.450 e. The van der Waals surface area contributed by atoms with Crippen LogP contribution in [0.1, 0.15) is 36.5 Å². The Morgan fingerprint density at radius 2 is 1.83 bits per heavy atom. The molecule has 1 fully saturated rings. The molecule has 0 aliphatic carbocycles. The highest BCUT2D eigenvalue weighted by atomic mass is 32.1. The number of hydrogen-bond donors (Lipinski definition) is 2. The number of amides is 1. The number of piperidine rings is 1. The van der Waals surface area contributed by atoms with Crippen molar-refractivity contribution in [2.75, 3.05) is 25.0 Å². The van der Waals surface area contributed by atoms with E-state index in [1.807, 2.05) is 6.92 Å². The number of thiocarbonyl (C=S) groups is 1. The molecular formula is C18H27N3O2S. The maximum absolute atomic E-state index is 11.7. The fourth-order valence-electron chi connectivity index (χ4n) is 2.86. The second kappa shape index (κ2) is 8.33. The number of carbonyl (C=O) groups excluding carboxylic acids is 1. The topological polar surface area (TPSA) is 53.6 Å². The van der Waals surface area contributed by atoms with Crippen LogP contribution in [-0.2, 0) is 4.74 Å². The minimum atomic E-state index is -0.220. The minimum absolute atomic E-state index is 0.220. The fourth-order valence-corrected chi connectivity index (χ4v) is 3.14. The van der Waals surface area contributed by atoms with Crippen molar-refractivity contribution in [2.45, 2.75) is 46.6 Å². The predicted octanol–water partition coefficient (Wildman–Crippen LogP) is 3.52. The van der Waals surface area contributed by atoms with Crippen molar-refractivity contribution >= 4 is 29.1 Å². The Balaban J connectivity index is 1.84. The third-order valence-electron chi connectivity index (χ3n) is 4.45. The number of nitrogens with one attached hydrogen (secondary N) is 2. The van der Waals surface area contributed by atoms with Gasteiger partial charge in [0.2, 0.25) is 0 Å². The monoisotopic (exact) mass is 349 g/mol. The van der Waals surface area contributed by atoms with Crippen LogP contribution in [0.2, 0.25) is 0 Å². The normalized spacial score (nSPS) is 15.1. The quantitative estimate of drug-likeness (QED) is 0.818. The lowest BCUT2D eigenvalue weighted by Crippen LogP contribution is -2.47. The summed E-state index contributed by atoms with van der Waals surface area (Å²) in [7, 11) is 0. The van der Waals surface area contributed by atoms with E-state index >= 15 is 0 Å². The molecule has 1 saturated heterocycles. The molecule has 2 rings (SSSR count). The van der Waals surface area contributed by atoms with E-state index in [0.717, 1.165) is 18.5 Å². The van der Waals surface area contributed by atoms with Crippen LogP contribution in [0, 0.1) is 20.8 Å². The standard InChI is InChI=1S/C18H27N3O2S/c1-5-23-18(22)21-8-6-15(7-9-21)19-17(24)20-16-11-13(3)12(2)10-14(16)4/h10-11,15H,5-9H2,1-4H3,(H2,19,20,24). The van der Waals surface area contributed by atoms with Gasteiger partial charge in [-0.1, -0.05) is 6.07 Å². The van der Waals surface area contributed by atoms with Crippen LogP contribution in [-0.4, -0.2) is 41.8 Å². The molecule has 0 radical (unpaired) electrons. The number of aryl methyl sites for hydroxylation is 3. The summed E-state index contributed by atoms with van der Waals surface area (Å²) >= 11 is 5.45. The van der Waals surface area contributed by atoms with Gasteiger partial charge in [0.05, 0.1) is 6.61 Å². The first-order valence-electron chi connectivity index (χ1n) is 8.47. The maximum Gasteiger partial charge on any atom is 0.409 e. The molecular weight excluding hydrogens is 322 g/mol. The zero-order chi connectivity index (χ0) is 17.7. The molecule has 0 saturated carbocycles. The third-order valence-corrected chi connectivity index (χ3v) is 4.67. The van der Waals surface area contributed by atoms with Gasteiger partial charge in [0, 0.05) is 24.8 Å². The Labute approximate surface area is 149 Å². The number of likely N-dealkylation sites (tertiary alicyclic amines) is 1. The van der Waals surface area contributed by atoms with Gasteiger partial charge >= 0.3 is 6.09 Å². The molecule has 132 valence electrons. The van der Waals surface area contributed by atoms with Crippen LogP contribution in [0.15, 0.2) is 12.1 Å². The van der Waals surface area contributed by atoms with Crippen molar-refractivity contribution in [2.24, 2.45) is 0 Å². The van der Waals surface area contributed by atoms with Gasteiger partial charge in [0.25, 0.3) is 0 Å². The van der Waals surface area contributed by atoms with E-state index in [1.54, 1.807) is 4.90 Å². The van der Waals surface area contributed by atoms with Crippen molar-refractivity contribution in [1.29, 1.82) is 0 Å².